The fraction of sp³-hybridized carbons (Fsp3) is 0.333. The molecule has 5 heterocycles. The van der Waals surface area contributed by atoms with E-state index in [9.17, 15) is 4.79 Å². The van der Waals surface area contributed by atoms with Crippen molar-refractivity contribution in [1.29, 1.82) is 0 Å². The van der Waals surface area contributed by atoms with Gasteiger partial charge in [-0.2, -0.15) is 5.10 Å². The van der Waals surface area contributed by atoms with Crippen LogP contribution >= 0.6 is 0 Å². The third kappa shape index (κ3) is 3.67. The van der Waals surface area contributed by atoms with Crippen molar-refractivity contribution in [3.63, 3.8) is 0 Å². The van der Waals surface area contributed by atoms with Gasteiger partial charge in [-0.15, -0.1) is 0 Å². The van der Waals surface area contributed by atoms with Crippen LogP contribution in [0.1, 0.15) is 35.4 Å². The van der Waals surface area contributed by atoms with Crippen molar-refractivity contribution >= 4 is 16.9 Å². The molecule has 32 heavy (non-hydrogen) atoms. The summed E-state index contributed by atoms with van der Waals surface area (Å²) in [6, 6.07) is 10.3. The zero-order valence-corrected chi connectivity index (χ0v) is 17.6. The first-order valence-electron chi connectivity index (χ1n) is 11.1. The first kappa shape index (κ1) is 19.2. The second-order valence-electron chi connectivity index (χ2n) is 8.60. The molecule has 4 aromatic rings. The fourth-order valence-corrected chi connectivity index (χ4v) is 4.50. The molecule has 1 N–H and O–H groups in total. The lowest BCUT2D eigenvalue weighted by molar-refractivity contribution is 0.0939. The number of likely N-dealkylation sites (tertiary alicyclic amines) is 1. The van der Waals surface area contributed by atoms with E-state index < -0.39 is 0 Å². The minimum atomic E-state index is -0.0808. The second kappa shape index (κ2) is 7.87. The number of rotatable bonds is 6. The van der Waals surface area contributed by atoms with Gasteiger partial charge in [-0.1, -0.05) is 0 Å². The van der Waals surface area contributed by atoms with E-state index in [0.29, 0.717) is 23.4 Å². The molecule has 1 aliphatic heterocycles. The van der Waals surface area contributed by atoms with E-state index in [1.54, 1.807) is 29.5 Å². The monoisotopic (exact) mass is 428 g/mol. The molecule has 2 aliphatic rings. The molecule has 8 nitrogen and oxygen atoms in total. The number of carbonyl (C=O) groups excluding carboxylic acids is 1. The lowest BCUT2D eigenvalue weighted by atomic mass is 10.1. The van der Waals surface area contributed by atoms with Gasteiger partial charge in [-0.05, 0) is 49.6 Å². The highest BCUT2D eigenvalue weighted by atomic mass is 16.3. The lowest BCUT2D eigenvalue weighted by Gasteiger charge is -2.16. The topological polar surface area (TPSA) is 89.1 Å². The molecular weight excluding hydrogens is 404 g/mol. The van der Waals surface area contributed by atoms with E-state index in [2.05, 4.69) is 20.3 Å². The number of hydrogen-bond donors (Lipinski definition) is 1. The first-order chi connectivity index (χ1) is 15.7. The Morgan fingerprint density at radius 3 is 2.91 bits per heavy atom. The summed E-state index contributed by atoms with van der Waals surface area (Å²) in [4.78, 5) is 24.9. The molecule has 2 fully saturated rings. The average Bonchev–Trinajstić information content (AvgIpc) is 3.18. The van der Waals surface area contributed by atoms with Crippen LogP contribution in [-0.4, -0.2) is 55.7 Å². The molecule has 1 saturated heterocycles. The fourth-order valence-electron chi connectivity index (χ4n) is 4.50. The van der Waals surface area contributed by atoms with Gasteiger partial charge in [0.1, 0.15) is 12.3 Å². The van der Waals surface area contributed by atoms with E-state index in [0.717, 1.165) is 42.3 Å². The minimum absolute atomic E-state index is 0.0808. The number of aromatic nitrogens is 4. The van der Waals surface area contributed by atoms with Gasteiger partial charge in [0, 0.05) is 43.1 Å². The normalized spacial score (nSPS) is 18.9. The molecule has 162 valence electrons. The zero-order chi connectivity index (χ0) is 21.5. The summed E-state index contributed by atoms with van der Waals surface area (Å²) in [6.07, 6.45) is 10.4. The van der Waals surface area contributed by atoms with Gasteiger partial charge in [-0.3, -0.25) is 14.7 Å². The Balaban J connectivity index is 1.36. The highest BCUT2D eigenvalue weighted by Gasteiger charge is 2.35. The zero-order valence-electron chi connectivity index (χ0n) is 17.6. The molecule has 0 radical (unpaired) electrons. The number of furan rings is 1. The van der Waals surface area contributed by atoms with Gasteiger partial charge < -0.3 is 9.73 Å². The number of hydrogen-bond acceptors (Lipinski definition) is 6. The molecule has 6 rings (SSSR count). The average molecular weight is 428 g/mol. The van der Waals surface area contributed by atoms with Gasteiger partial charge in [0.15, 0.2) is 5.65 Å². The third-order valence-electron chi connectivity index (χ3n) is 6.31. The van der Waals surface area contributed by atoms with Crippen molar-refractivity contribution in [1.82, 2.24) is 30.0 Å². The van der Waals surface area contributed by atoms with Gasteiger partial charge in [0.2, 0.25) is 0 Å². The largest absolute Gasteiger partial charge is 0.467 e. The van der Waals surface area contributed by atoms with E-state index in [1.165, 1.54) is 12.8 Å². The molecule has 1 saturated carbocycles. The smallest absolute Gasteiger partial charge is 0.252 e. The summed E-state index contributed by atoms with van der Waals surface area (Å²) in [6.45, 7) is 2.43. The Labute approximate surface area is 185 Å². The number of fused-ring (bicyclic) bond motifs is 1. The van der Waals surface area contributed by atoms with Crippen LogP contribution in [0.3, 0.4) is 0 Å². The van der Waals surface area contributed by atoms with Crippen LogP contribution in [0, 0.1) is 0 Å². The summed E-state index contributed by atoms with van der Waals surface area (Å²) < 4.78 is 7.26. The number of pyridine rings is 2. The molecule has 1 unspecified atom stereocenters. The van der Waals surface area contributed by atoms with E-state index in [1.807, 2.05) is 30.3 Å². The van der Waals surface area contributed by atoms with Gasteiger partial charge in [-0.25, -0.2) is 9.67 Å². The summed E-state index contributed by atoms with van der Waals surface area (Å²) in [5.74, 6) is 0.698. The number of nitrogens with one attached hydrogen (secondary N) is 1. The summed E-state index contributed by atoms with van der Waals surface area (Å²) in [5, 5.41) is 8.50. The maximum atomic E-state index is 13.4. The van der Waals surface area contributed by atoms with Crippen molar-refractivity contribution in [3.05, 3.63) is 66.5 Å². The van der Waals surface area contributed by atoms with Crippen LogP contribution < -0.4 is 5.32 Å². The molecule has 1 atom stereocenters. The molecule has 0 spiro atoms. The molecule has 1 aliphatic carbocycles. The Hall–Kier alpha value is -3.52. The minimum Gasteiger partial charge on any atom is -0.467 e. The quantitative estimate of drug-likeness (QED) is 0.508. The summed E-state index contributed by atoms with van der Waals surface area (Å²) >= 11 is 0. The predicted octanol–water partition coefficient (Wildman–Crippen LogP) is 3.10. The number of amides is 1. The molecule has 0 bridgehead atoms. The lowest BCUT2D eigenvalue weighted by Crippen LogP contribution is -2.37. The third-order valence-corrected chi connectivity index (χ3v) is 6.31. The summed E-state index contributed by atoms with van der Waals surface area (Å²) in [5.41, 5.74) is 2.79. The SMILES string of the molecule is O=C(NC1CCN(C2CC2)C1)c1cc(-c2cccnc2)nc2c1cnn2Cc1ccco1. The van der Waals surface area contributed by atoms with Crippen LogP contribution in [-0.2, 0) is 6.54 Å². The highest BCUT2D eigenvalue weighted by Crippen LogP contribution is 2.30. The van der Waals surface area contributed by atoms with Gasteiger partial charge >= 0.3 is 0 Å². The van der Waals surface area contributed by atoms with Crippen LogP contribution in [0.4, 0.5) is 0 Å². The van der Waals surface area contributed by atoms with Crippen LogP contribution in [0.2, 0.25) is 0 Å². The number of carbonyl (C=O) groups is 1. The summed E-state index contributed by atoms with van der Waals surface area (Å²) in [7, 11) is 0. The van der Waals surface area contributed by atoms with Crippen LogP contribution in [0.25, 0.3) is 22.3 Å². The van der Waals surface area contributed by atoms with Crippen molar-refractivity contribution < 1.29 is 9.21 Å². The Kier molecular flexibility index (Phi) is 4.72. The van der Waals surface area contributed by atoms with Crippen molar-refractivity contribution in [3.8, 4) is 11.3 Å². The second-order valence-corrected chi connectivity index (χ2v) is 8.60. The van der Waals surface area contributed by atoms with Gasteiger partial charge in [0.05, 0.1) is 29.1 Å². The Morgan fingerprint density at radius 2 is 2.12 bits per heavy atom. The molecular formula is C24H24N6O2. The Bertz CT molecular complexity index is 1250. The van der Waals surface area contributed by atoms with E-state index in [4.69, 9.17) is 9.40 Å². The number of nitrogens with zero attached hydrogens (tertiary/aromatic N) is 5. The molecule has 8 heteroatoms. The molecule has 0 aromatic carbocycles. The molecule has 1 amide bonds. The van der Waals surface area contributed by atoms with Crippen molar-refractivity contribution in [2.75, 3.05) is 13.1 Å². The first-order valence-corrected chi connectivity index (χ1v) is 11.1. The van der Waals surface area contributed by atoms with E-state index in [-0.39, 0.29) is 11.9 Å². The highest BCUT2D eigenvalue weighted by molar-refractivity contribution is 6.06. The van der Waals surface area contributed by atoms with Crippen LogP contribution in [0.5, 0.6) is 0 Å². The maximum absolute atomic E-state index is 13.4. The van der Waals surface area contributed by atoms with Crippen molar-refractivity contribution in [2.45, 2.75) is 37.9 Å². The van der Waals surface area contributed by atoms with Crippen molar-refractivity contribution in [2.24, 2.45) is 0 Å². The Morgan fingerprint density at radius 1 is 1.19 bits per heavy atom. The van der Waals surface area contributed by atoms with E-state index >= 15 is 0 Å². The predicted molar refractivity (Wildman–Crippen MR) is 119 cm³/mol. The van der Waals surface area contributed by atoms with Crippen LogP contribution in [0.15, 0.2) is 59.6 Å². The molecule has 4 aromatic heterocycles. The maximum Gasteiger partial charge on any atom is 0.252 e. The standard InChI is InChI=1S/C24H24N6O2/c31-24(27-17-7-9-29(14-17)18-5-6-18)20-11-22(16-3-1-8-25-12-16)28-23-21(20)13-26-30(23)15-19-4-2-10-32-19/h1-4,8,10-13,17-18H,5-7,9,14-15H2,(H,27,31). The van der Waals surface area contributed by atoms with Gasteiger partial charge in [0.25, 0.3) is 5.91 Å².